The van der Waals surface area contributed by atoms with E-state index < -0.39 is 12.1 Å². The summed E-state index contributed by atoms with van der Waals surface area (Å²) in [5.41, 5.74) is 2.08. The fraction of sp³-hybridized carbons (Fsp3) is 0.533. The van der Waals surface area contributed by atoms with Gasteiger partial charge in [0.15, 0.2) is 0 Å². The summed E-state index contributed by atoms with van der Waals surface area (Å²) in [6.07, 6.45) is -0.0356. The maximum atomic E-state index is 13.2. The van der Waals surface area contributed by atoms with Crippen molar-refractivity contribution in [1.82, 2.24) is 4.90 Å². The molecule has 2 aliphatic rings. The van der Waals surface area contributed by atoms with Gasteiger partial charge in [-0.3, -0.25) is 4.90 Å². The van der Waals surface area contributed by atoms with Gasteiger partial charge < -0.3 is 10.0 Å². The lowest BCUT2D eigenvalue weighted by Gasteiger charge is -2.45. The lowest BCUT2D eigenvalue weighted by atomic mass is 10.0. The number of aromatic carboxylic acids is 1. The highest BCUT2D eigenvalue weighted by molar-refractivity contribution is 5.90. The third-order valence-corrected chi connectivity index (χ3v) is 4.36. The van der Waals surface area contributed by atoms with Crippen LogP contribution < -0.4 is 4.90 Å². The molecule has 20 heavy (non-hydrogen) atoms. The highest BCUT2D eigenvalue weighted by Gasteiger charge is 2.36. The number of carboxylic acids is 1. The van der Waals surface area contributed by atoms with Crippen molar-refractivity contribution in [1.29, 1.82) is 0 Å². The number of alkyl halides is 1. The van der Waals surface area contributed by atoms with Crippen LogP contribution in [0.15, 0.2) is 18.2 Å². The summed E-state index contributed by atoms with van der Waals surface area (Å²) in [6, 6.07) is 5.94. The van der Waals surface area contributed by atoms with Gasteiger partial charge in [-0.15, -0.1) is 0 Å². The Balaban J connectivity index is 1.65. The number of hydrogen-bond donors (Lipinski definition) is 1. The molecule has 0 aliphatic carbocycles. The summed E-state index contributed by atoms with van der Waals surface area (Å²) in [5, 5.41) is 9.15. The monoisotopic (exact) mass is 278 g/mol. The predicted octanol–water partition coefficient (Wildman–Crippen LogP) is 1.93. The van der Waals surface area contributed by atoms with E-state index in [0.29, 0.717) is 24.6 Å². The lowest BCUT2D eigenvalue weighted by molar-refractivity contribution is 0.0696. The van der Waals surface area contributed by atoms with E-state index in [4.69, 9.17) is 5.11 Å². The Morgan fingerprint density at radius 1 is 1.35 bits per heavy atom. The average molecular weight is 278 g/mol. The zero-order chi connectivity index (χ0) is 14.3. The minimum absolute atomic E-state index is 0.357. The molecule has 1 unspecified atom stereocenters. The molecule has 2 saturated heterocycles. The molecule has 4 nitrogen and oxygen atoms in total. The Kier molecular flexibility index (Phi) is 3.38. The second-order valence-corrected chi connectivity index (χ2v) is 5.74. The Labute approximate surface area is 117 Å². The minimum atomic E-state index is -0.888. The topological polar surface area (TPSA) is 43.8 Å². The van der Waals surface area contributed by atoms with Crippen LogP contribution in [-0.2, 0) is 0 Å². The quantitative estimate of drug-likeness (QED) is 0.917. The first kappa shape index (κ1) is 13.4. The number of benzene rings is 1. The van der Waals surface area contributed by atoms with Gasteiger partial charge in [-0.2, -0.15) is 0 Å². The molecule has 0 radical (unpaired) electrons. The van der Waals surface area contributed by atoms with Crippen molar-refractivity contribution in [2.75, 3.05) is 31.1 Å². The molecule has 2 heterocycles. The van der Waals surface area contributed by atoms with Crippen molar-refractivity contribution in [3.63, 3.8) is 0 Å². The van der Waals surface area contributed by atoms with Crippen molar-refractivity contribution < 1.29 is 14.3 Å². The highest BCUT2D eigenvalue weighted by Crippen LogP contribution is 2.28. The number of anilines is 1. The lowest BCUT2D eigenvalue weighted by Crippen LogP contribution is -2.59. The number of hydrogen-bond acceptors (Lipinski definition) is 3. The summed E-state index contributed by atoms with van der Waals surface area (Å²) in [6.45, 7) is 4.90. The van der Waals surface area contributed by atoms with E-state index in [1.165, 1.54) is 0 Å². The van der Waals surface area contributed by atoms with Crippen molar-refractivity contribution in [2.24, 2.45) is 0 Å². The van der Waals surface area contributed by atoms with Crippen LogP contribution in [0.25, 0.3) is 0 Å². The number of carbonyl (C=O) groups is 1. The summed E-state index contributed by atoms with van der Waals surface area (Å²) < 4.78 is 13.2. The zero-order valence-corrected chi connectivity index (χ0v) is 11.6. The fourth-order valence-corrected chi connectivity index (χ4v) is 3.01. The molecule has 2 aliphatic heterocycles. The van der Waals surface area contributed by atoms with Crippen molar-refractivity contribution >= 4 is 11.7 Å². The molecule has 1 atom stereocenters. The second kappa shape index (κ2) is 5.05. The number of carboxylic acid groups (broad SMARTS) is 1. The molecule has 5 heteroatoms. The van der Waals surface area contributed by atoms with E-state index >= 15 is 0 Å². The third-order valence-electron chi connectivity index (χ3n) is 4.36. The maximum absolute atomic E-state index is 13.2. The van der Waals surface area contributed by atoms with Crippen LogP contribution in [0.3, 0.4) is 0 Å². The van der Waals surface area contributed by atoms with E-state index in [2.05, 4.69) is 9.80 Å². The van der Waals surface area contributed by atoms with Gasteiger partial charge in [-0.05, 0) is 31.0 Å². The van der Waals surface area contributed by atoms with E-state index in [9.17, 15) is 9.18 Å². The van der Waals surface area contributed by atoms with Gasteiger partial charge in [0.1, 0.15) is 6.17 Å². The molecule has 108 valence electrons. The van der Waals surface area contributed by atoms with Gasteiger partial charge >= 0.3 is 5.97 Å². The number of likely N-dealkylation sites (tertiary alicyclic amines) is 1. The highest BCUT2D eigenvalue weighted by atomic mass is 19.1. The number of rotatable bonds is 3. The predicted molar refractivity (Wildman–Crippen MR) is 75.2 cm³/mol. The summed E-state index contributed by atoms with van der Waals surface area (Å²) in [5.74, 6) is -0.888. The van der Waals surface area contributed by atoms with Crippen molar-refractivity contribution in [2.45, 2.75) is 25.6 Å². The Hall–Kier alpha value is -1.62. The smallest absolute Gasteiger partial charge is 0.336 e. The van der Waals surface area contributed by atoms with Gasteiger partial charge in [0.2, 0.25) is 0 Å². The van der Waals surface area contributed by atoms with Crippen molar-refractivity contribution in [3.05, 3.63) is 29.3 Å². The first-order valence-corrected chi connectivity index (χ1v) is 7.01. The maximum Gasteiger partial charge on any atom is 0.336 e. The molecule has 3 rings (SSSR count). The minimum Gasteiger partial charge on any atom is -0.478 e. The SMILES string of the molecule is Cc1ccc(N2CC(N3CCC(F)C3)C2)cc1C(=O)O. The van der Waals surface area contributed by atoms with Crippen LogP contribution in [0.4, 0.5) is 10.1 Å². The van der Waals surface area contributed by atoms with Crippen LogP contribution in [0.1, 0.15) is 22.3 Å². The molecule has 1 aromatic rings. The Morgan fingerprint density at radius 3 is 2.70 bits per heavy atom. The molecular weight excluding hydrogens is 259 g/mol. The normalized spacial score (nSPS) is 23.9. The largest absolute Gasteiger partial charge is 0.478 e. The van der Waals surface area contributed by atoms with Crippen LogP contribution in [-0.4, -0.2) is 54.4 Å². The van der Waals surface area contributed by atoms with E-state index in [1.807, 2.05) is 12.1 Å². The zero-order valence-electron chi connectivity index (χ0n) is 11.6. The summed E-state index contributed by atoms with van der Waals surface area (Å²) in [7, 11) is 0. The summed E-state index contributed by atoms with van der Waals surface area (Å²) in [4.78, 5) is 15.5. The summed E-state index contributed by atoms with van der Waals surface area (Å²) >= 11 is 0. The van der Waals surface area contributed by atoms with Gasteiger partial charge in [0.25, 0.3) is 0 Å². The van der Waals surface area contributed by atoms with Gasteiger partial charge in [0, 0.05) is 37.9 Å². The molecule has 2 fully saturated rings. The average Bonchev–Trinajstić information content (AvgIpc) is 2.75. The van der Waals surface area contributed by atoms with E-state index in [1.54, 1.807) is 13.0 Å². The molecule has 0 bridgehead atoms. The Bertz CT molecular complexity index is 529. The number of halogens is 1. The van der Waals surface area contributed by atoms with Gasteiger partial charge in [0.05, 0.1) is 5.56 Å². The molecule has 0 saturated carbocycles. The Morgan fingerprint density at radius 2 is 2.10 bits per heavy atom. The molecular formula is C15H19FN2O2. The van der Waals surface area contributed by atoms with Crippen LogP contribution in [0.2, 0.25) is 0 Å². The van der Waals surface area contributed by atoms with Crippen LogP contribution in [0, 0.1) is 6.92 Å². The number of aryl methyl sites for hydroxylation is 1. The number of nitrogens with zero attached hydrogens (tertiary/aromatic N) is 2. The standard InChI is InChI=1S/C15H19FN2O2/c1-10-2-3-12(6-14(10)15(19)20)18-8-13(9-18)17-5-4-11(16)7-17/h2-3,6,11,13H,4-5,7-9H2,1H3,(H,19,20). The van der Waals surface area contributed by atoms with Crippen LogP contribution >= 0.6 is 0 Å². The first-order chi connectivity index (χ1) is 9.54. The van der Waals surface area contributed by atoms with E-state index in [-0.39, 0.29) is 0 Å². The van der Waals surface area contributed by atoms with E-state index in [0.717, 1.165) is 30.9 Å². The van der Waals surface area contributed by atoms with Crippen LogP contribution in [0.5, 0.6) is 0 Å². The van der Waals surface area contributed by atoms with Gasteiger partial charge in [-0.1, -0.05) is 6.07 Å². The molecule has 1 N–H and O–H groups in total. The second-order valence-electron chi connectivity index (χ2n) is 5.74. The third kappa shape index (κ3) is 2.38. The molecule has 1 aromatic carbocycles. The molecule has 0 aromatic heterocycles. The fourth-order valence-electron chi connectivity index (χ4n) is 3.01. The molecule has 0 amide bonds. The van der Waals surface area contributed by atoms with Gasteiger partial charge in [-0.25, -0.2) is 9.18 Å². The molecule has 0 spiro atoms. The van der Waals surface area contributed by atoms with Crippen molar-refractivity contribution in [3.8, 4) is 0 Å². The first-order valence-electron chi connectivity index (χ1n) is 7.01.